The molecule has 0 spiro atoms. The van der Waals surface area contributed by atoms with Gasteiger partial charge >= 0.3 is 0 Å². The van der Waals surface area contributed by atoms with E-state index in [0.29, 0.717) is 11.0 Å². The average Bonchev–Trinajstić information content (AvgIpc) is 2.89. The number of benzene rings is 4. The Morgan fingerprint density at radius 2 is 1.34 bits per heavy atom. The minimum Gasteiger partial charge on any atom is -0.480 e. The summed E-state index contributed by atoms with van der Waals surface area (Å²) in [6.07, 6.45) is -0.650. The summed E-state index contributed by atoms with van der Waals surface area (Å²) in [6.45, 7) is 0. The van der Waals surface area contributed by atoms with Gasteiger partial charge in [-0.25, -0.2) is 0 Å². The minimum absolute atomic E-state index is 0.153. The van der Waals surface area contributed by atoms with Crippen LogP contribution in [0.2, 0.25) is 0 Å². The molecule has 1 heterocycles. The van der Waals surface area contributed by atoms with Crippen LogP contribution < -0.4 is 5.43 Å². The lowest BCUT2D eigenvalue weighted by atomic mass is 9.85. The van der Waals surface area contributed by atoms with E-state index < -0.39 is 18.0 Å². The van der Waals surface area contributed by atoms with Crippen molar-refractivity contribution in [3.8, 4) is 17.1 Å². The van der Waals surface area contributed by atoms with Gasteiger partial charge in [-0.1, -0.05) is 94.8 Å². The molecule has 0 aliphatic carbocycles. The van der Waals surface area contributed by atoms with Crippen molar-refractivity contribution in [1.29, 1.82) is 0 Å². The predicted molar refractivity (Wildman–Crippen MR) is 142 cm³/mol. The van der Waals surface area contributed by atoms with Crippen LogP contribution in [0.15, 0.2) is 117 Å². The molecule has 174 valence electrons. The molecule has 5 heteroatoms. The number of aromatic hydroxyl groups is 1. The van der Waals surface area contributed by atoms with Gasteiger partial charge < -0.3 is 14.6 Å². The minimum atomic E-state index is -0.857. The molecular formula is C30H23BrO4. The zero-order valence-electron chi connectivity index (χ0n) is 18.8. The van der Waals surface area contributed by atoms with Crippen LogP contribution in [0.1, 0.15) is 35.1 Å². The number of para-hydroxylation sites is 1. The molecule has 5 aromatic rings. The normalized spacial score (nSPS) is 13.0. The van der Waals surface area contributed by atoms with Crippen LogP contribution in [0, 0.1) is 0 Å². The molecule has 0 bridgehead atoms. The standard InChI is InChI=1S/C30H23BrO4/c31-23-16-14-20(15-17-23)19-10-12-22(13-11-19)26(32)18-25(21-6-2-1-3-7-21)28-29(33)24-8-4-5-9-27(24)35-30(28)34/h1-17,25-26,32,34H,18H2. The first-order valence-corrected chi connectivity index (χ1v) is 12.1. The van der Waals surface area contributed by atoms with E-state index in [4.69, 9.17) is 4.42 Å². The lowest BCUT2D eigenvalue weighted by Crippen LogP contribution is -2.17. The predicted octanol–water partition coefficient (Wildman–Crippen LogP) is 7.18. The number of rotatable bonds is 6. The topological polar surface area (TPSA) is 70.7 Å². The summed E-state index contributed by atoms with van der Waals surface area (Å²) >= 11 is 3.45. The molecular weight excluding hydrogens is 504 g/mol. The van der Waals surface area contributed by atoms with Crippen molar-refractivity contribution in [2.24, 2.45) is 0 Å². The zero-order chi connectivity index (χ0) is 24.4. The van der Waals surface area contributed by atoms with Crippen LogP contribution in [-0.4, -0.2) is 10.2 Å². The Kier molecular flexibility index (Phi) is 6.53. The summed E-state index contributed by atoms with van der Waals surface area (Å²) in [5.41, 5.74) is 3.86. The highest BCUT2D eigenvalue weighted by molar-refractivity contribution is 9.10. The second-order valence-electron chi connectivity index (χ2n) is 8.49. The SMILES string of the molecule is O=c1c(C(CC(O)c2ccc(-c3ccc(Br)cc3)cc2)c2ccccc2)c(O)oc2ccccc12. The molecule has 2 N–H and O–H groups in total. The number of hydrogen-bond donors (Lipinski definition) is 2. The Morgan fingerprint density at radius 1 is 0.743 bits per heavy atom. The van der Waals surface area contributed by atoms with E-state index in [1.54, 1.807) is 24.3 Å². The highest BCUT2D eigenvalue weighted by Crippen LogP contribution is 2.38. The maximum atomic E-state index is 13.4. The van der Waals surface area contributed by atoms with Crippen LogP contribution in [0.5, 0.6) is 5.95 Å². The van der Waals surface area contributed by atoms with Gasteiger partial charge in [0.05, 0.1) is 17.1 Å². The van der Waals surface area contributed by atoms with E-state index in [-0.39, 0.29) is 17.4 Å². The summed E-state index contributed by atoms with van der Waals surface area (Å²) in [6, 6.07) is 32.1. The molecule has 0 fully saturated rings. The van der Waals surface area contributed by atoms with Gasteiger partial charge in [-0.3, -0.25) is 4.79 Å². The number of hydrogen-bond acceptors (Lipinski definition) is 4. The fourth-order valence-electron chi connectivity index (χ4n) is 4.46. The van der Waals surface area contributed by atoms with Crippen LogP contribution >= 0.6 is 15.9 Å². The Bertz CT molecular complexity index is 1510. The summed E-state index contributed by atoms with van der Waals surface area (Å²) in [5, 5.41) is 22.3. The number of halogens is 1. The Labute approximate surface area is 211 Å². The van der Waals surface area contributed by atoms with Gasteiger partial charge in [-0.15, -0.1) is 0 Å². The van der Waals surface area contributed by atoms with E-state index in [0.717, 1.165) is 26.7 Å². The van der Waals surface area contributed by atoms with Gasteiger partial charge in [0.25, 0.3) is 5.95 Å². The van der Waals surface area contributed by atoms with Crippen molar-refractivity contribution < 1.29 is 14.6 Å². The van der Waals surface area contributed by atoms with Gasteiger partial charge in [-0.05, 0) is 52.9 Å². The lowest BCUT2D eigenvalue weighted by Gasteiger charge is -2.22. The number of fused-ring (bicyclic) bond motifs is 1. The van der Waals surface area contributed by atoms with E-state index in [1.165, 1.54) is 0 Å². The fraction of sp³-hybridized carbons (Fsp3) is 0.100. The Hall–Kier alpha value is -3.67. The van der Waals surface area contributed by atoms with E-state index in [2.05, 4.69) is 15.9 Å². The van der Waals surface area contributed by atoms with Crippen molar-refractivity contribution in [3.63, 3.8) is 0 Å². The average molecular weight is 527 g/mol. The van der Waals surface area contributed by atoms with Gasteiger partial charge in [0.1, 0.15) is 5.58 Å². The molecule has 0 saturated heterocycles. The van der Waals surface area contributed by atoms with Crippen molar-refractivity contribution in [2.75, 3.05) is 0 Å². The zero-order valence-corrected chi connectivity index (χ0v) is 20.4. The van der Waals surface area contributed by atoms with Crippen molar-refractivity contribution in [3.05, 3.63) is 135 Å². The van der Waals surface area contributed by atoms with E-state index >= 15 is 0 Å². The maximum Gasteiger partial charge on any atom is 0.290 e. The summed E-state index contributed by atoms with van der Waals surface area (Å²) in [7, 11) is 0. The van der Waals surface area contributed by atoms with Gasteiger partial charge in [0.15, 0.2) is 5.43 Å². The molecule has 5 rings (SSSR count). The van der Waals surface area contributed by atoms with Gasteiger partial charge in [-0.2, -0.15) is 0 Å². The highest BCUT2D eigenvalue weighted by Gasteiger charge is 2.27. The molecule has 0 aliphatic heterocycles. The molecule has 4 aromatic carbocycles. The monoisotopic (exact) mass is 526 g/mol. The smallest absolute Gasteiger partial charge is 0.290 e. The highest BCUT2D eigenvalue weighted by atomic mass is 79.9. The van der Waals surface area contributed by atoms with Gasteiger partial charge in [0.2, 0.25) is 0 Å². The molecule has 1 aromatic heterocycles. The first-order chi connectivity index (χ1) is 17.0. The van der Waals surface area contributed by atoms with E-state index in [1.807, 2.05) is 78.9 Å². The van der Waals surface area contributed by atoms with Gasteiger partial charge in [0, 0.05) is 10.4 Å². The van der Waals surface area contributed by atoms with Crippen LogP contribution in [0.3, 0.4) is 0 Å². The quantitative estimate of drug-likeness (QED) is 0.245. The van der Waals surface area contributed by atoms with Crippen LogP contribution in [-0.2, 0) is 0 Å². The fourth-order valence-corrected chi connectivity index (χ4v) is 4.72. The third-order valence-corrected chi connectivity index (χ3v) is 6.82. The number of aliphatic hydroxyl groups is 1. The molecule has 0 aliphatic rings. The third kappa shape index (κ3) is 4.78. The first kappa shape index (κ1) is 23.1. The molecule has 35 heavy (non-hydrogen) atoms. The summed E-state index contributed by atoms with van der Waals surface area (Å²) in [5.74, 6) is -0.974. The molecule has 2 atom stereocenters. The Balaban J connectivity index is 1.50. The Morgan fingerprint density at radius 3 is 2.03 bits per heavy atom. The molecule has 2 unspecified atom stereocenters. The van der Waals surface area contributed by atoms with Crippen molar-refractivity contribution >= 4 is 26.9 Å². The van der Waals surface area contributed by atoms with Crippen LogP contribution in [0.25, 0.3) is 22.1 Å². The van der Waals surface area contributed by atoms with Crippen LogP contribution in [0.4, 0.5) is 0 Å². The summed E-state index contributed by atoms with van der Waals surface area (Å²) < 4.78 is 6.62. The molecule has 0 saturated carbocycles. The lowest BCUT2D eigenvalue weighted by molar-refractivity contribution is 0.161. The molecule has 4 nitrogen and oxygen atoms in total. The van der Waals surface area contributed by atoms with Crippen molar-refractivity contribution in [1.82, 2.24) is 0 Å². The third-order valence-electron chi connectivity index (χ3n) is 6.30. The van der Waals surface area contributed by atoms with Crippen molar-refractivity contribution in [2.45, 2.75) is 18.4 Å². The molecule has 0 radical (unpaired) electrons. The van der Waals surface area contributed by atoms with E-state index in [9.17, 15) is 15.0 Å². The second kappa shape index (κ2) is 9.90. The maximum absolute atomic E-state index is 13.4. The second-order valence-corrected chi connectivity index (χ2v) is 9.41. The largest absolute Gasteiger partial charge is 0.480 e. The number of aliphatic hydroxyl groups excluding tert-OH is 1. The summed E-state index contributed by atoms with van der Waals surface area (Å²) in [4.78, 5) is 13.4. The first-order valence-electron chi connectivity index (χ1n) is 11.3. The molecule has 0 amide bonds.